The normalized spacial score (nSPS) is 20.2. The van der Waals surface area contributed by atoms with Crippen LogP contribution in [0.4, 0.5) is 5.82 Å². The van der Waals surface area contributed by atoms with Crippen molar-refractivity contribution in [1.29, 1.82) is 5.26 Å². The molecule has 1 atom stereocenters. The van der Waals surface area contributed by atoms with E-state index in [0.29, 0.717) is 6.04 Å². The molecule has 3 heterocycles. The number of hydrogen-bond acceptors (Lipinski definition) is 3. The standard InChI is InChI=1S/C21H22N4/c1-14-7-4-5-12-24(14)21-16-9-6-8-15(16)17(13-22)20-23-18-10-2-3-11-19(18)25(20)21/h2-3,10-11,14H,4-9,12H2,1H3. The summed E-state index contributed by atoms with van der Waals surface area (Å²) in [6.45, 7) is 3.44. The third-order valence-electron chi connectivity index (χ3n) is 5.97. The van der Waals surface area contributed by atoms with Crippen LogP contribution in [-0.2, 0) is 12.8 Å². The van der Waals surface area contributed by atoms with Crippen LogP contribution in [0.15, 0.2) is 24.3 Å². The fourth-order valence-electron chi connectivity index (χ4n) is 4.78. The van der Waals surface area contributed by atoms with E-state index in [0.717, 1.165) is 48.1 Å². The van der Waals surface area contributed by atoms with E-state index in [2.05, 4.69) is 40.5 Å². The molecule has 3 aromatic rings. The van der Waals surface area contributed by atoms with Crippen LogP contribution < -0.4 is 4.90 Å². The van der Waals surface area contributed by atoms with Crippen LogP contribution in [0.25, 0.3) is 16.7 Å². The Morgan fingerprint density at radius 1 is 1.12 bits per heavy atom. The Balaban J connectivity index is 1.94. The molecule has 0 N–H and O–H groups in total. The first-order valence-corrected chi connectivity index (χ1v) is 9.41. The average Bonchev–Trinajstić information content (AvgIpc) is 3.25. The summed E-state index contributed by atoms with van der Waals surface area (Å²) in [6.07, 6.45) is 7.02. The smallest absolute Gasteiger partial charge is 0.157 e. The Kier molecular flexibility index (Phi) is 3.24. The lowest BCUT2D eigenvalue weighted by atomic mass is 10.0. The maximum absolute atomic E-state index is 9.86. The highest BCUT2D eigenvalue weighted by Gasteiger charge is 2.30. The number of benzene rings is 1. The van der Waals surface area contributed by atoms with Gasteiger partial charge in [0.25, 0.3) is 0 Å². The fraction of sp³-hybridized carbons (Fsp3) is 0.429. The Hall–Kier alpha value is -2.54. The summed E-state index contributed by atoms with van der Waals surface area (Å²) in [4.78, 5) is 7.44. The molecule has 4 heteroatoms. The van der Waals surface area contributed by atoms with E-state index in [1.165, 1.54) is 36.2 Å². The first-order chi connectivity index (χ1) is 12.3. The molecule has 1 aromatic carbocycles. The van der Waals surface area contributed by atoms with Crippen molar-refractivity contribution in [1.82, 2.24) is 9.38 Å². The summed E-state index contributed by atoms with van der Waals surface area (Å²) in [7, 11) is 0. The van der Waals surface area contributed by atoms with E-state index in [4.69, 9.17) is 4.98 Å². The van der Waals surface area contributed by atoms with E-state index in [9.17, 15) is 5.26 Å². The van der Waals surface area contributed by atoms with Crippen molar-refractivity contribution < 1.29 is 0 Å². The molecule has 0 bridgehead atoms. The van der Waals surface area contributed by atoms with Gasteiger partial charge >= 0.3 is 0 Å². The molecular formula is C21H22N4. The Morgan fingerprint density at radius 3 is 2.80 bits per heavy atom. The van der Waals surface area contributed by atoms with Gasteiger partial charge < -0.3 is 4.90 Å². The molecule has 1 aliphatic heterocycles. The second-order valence-electron chi connectivity index (χ2n) is 7.42. The first kappa shape index (κ1) is 14.8. The number of imidazole rings is 1. The molecule has 4 nitrogen and oxygen atoms in total. The van der Waals surface area contributed by atoms with Gasteiger partial charge in [-0.05, 0) is 68.7 Å². The number of rotatable bonds is 1. The number of pyridine rings is 1. The number of piperidine rings is 1. The summed E-state index contributed by atoms with van der Waals surface area (Å²) in [5.74, 6) is 1.31. The van der Waals surface area contributed by atoms with Gasteiger partial charge in [0.15, 0.2) is 5.65 Å². The third kappa shape index (κ3) is 2.02. The predicted octanol–water partition coefficient (Wildman–Crippen LogP) is 4.23. The van der Waals surface area contributed by atoms with Crippen LogP contribution in [0.3, 0.4) is 0 Å². The Labute approximate surface area is 147 Å². The number of aromatic nitrogens is 2. The second kappa shape index (κ2) is 5.49. The number of fused-ring (bicyclic) bond motifs is 4. The molecule has 2 aromatic heterocycles. The van der Waals surface area contributed by atoms with Gasteiger partial charge in [-0.2, -0.15) is 5.26 Å². The van der Waals surface area contributed by atoms with Gasteiger partial charge in [-0.15, -0.1) is 0 Å². The van der Waals surface area contributed by atoms with E-state index < -0.39 is 0 Å². The number of anilines is 1. The predicted molar refractivity (Wildman–Crippen MR) is 100 cm³/mol. The van der Waals surface area contributed by atoms with Gasteiger partial charge in [-0.3, -0.25) is 4.40 Å². The van der Waals surface area contributed by atoms with Gasteiger partial charge in [0, 0.05) is 12.6 Å². The molecule has 0 radical (unpaired) electrons. The van der Waals surface area contributed by atoms with Gasteiger partial charge in [-0.1, -0.05) is 12.1 Å². The summed E-state index contributed by atoms with van der Waals surface area (Å²) in [5, 5.41) is 9.86. The summed E-state index contributed by atoms with van der Waals surface area (Å²) in [6, 6.07) is 11.3. The van der Waals surface area contributed by atoms with Crippen LogP contribution in [0.5, 0.6) is 0 Å². The lowest BCUT2D eigenvalue weighted by Crippen LogP contribution is -2.39. The molecule has 0 spiro atoms. The van der Waals surface area contributed by atoms with E-state index in [-0.39, 0.29) is 0 Å². The van der Waals surface area contributed by atoms with Crippen molar-refractivity contribution in [3.8, 4) is 6.07 Å². The van der Waals surface area contributed by atoms with E-state index in [1.54, 1.807) is 0 Å². The van der Waals surface area contributed by atoms with Crippen LogP contribution in [0.1, 0.15) is 49.3 Å². The summed E-state index contributed by atoms with van der Waals surface area (Å²) in [5.41, 5.74) is 6.37. The van der Waals surface area contributed by atoms with Gasteiger partial charge in [0.05, 0.1) is 16.6 Å². The van der Waals surface area contributed by atoms with Crippen molar-refractivity contribution in [2.75, 3.05) is 11.4 Å². The maximum atomic E-state index is 9.86. The molecule has 25 heavy (non-hydrogen) atoms. The minimum absolute atomic E-state index is 0.538. The lowest BCUT2D eigenvalue weighted by molar-refractivity contribution is 0.479. The molecule has 1 fully saturated rings. The highest BCUT2D eigenvalue weighted by molar-refractivity contribution is 5.86. The molecule has 1 saturated heterocycles. The molecule has 1 unspecified atom stereocenters. The summed E-state index contributed by atoms with van der Waals surface area (Å²) < 4.78 is 2.28. The lowest BCUT2D eigenvalue weighted by Gasteiger charge is -2.37. The number of hydrogen-bond donors (Lipinski definition) is 0. The molecule has 1 aliphatic carbocycles. The minimum atomic E-state index is 0.538. The van der Waals surface area contributed by atoms with Crippen LogP contribution in [0, 0.1) is 11.3 Å². The topological polar surface area (TPSA) is 44.3 Å². The second-order valence-corrected chi connectivity index (χ2v) is 7.42. The largest absolute Gasteiger partial charge is 0.355 e. The maximum Gasteiger partial charge on any atom is 0.157 e. The zero-order valence-electron chi connectivity index (χ0n) is 14.6. The zero-order valence-corrected chi connectivity index (χ0v) is 14.6. The van der Waals surface area contributed by atoms with Crippen molar-refractivity contribution in [2.24, 2.45) is 0 Å². The van der Waals surface area contributed by atoms with Crippen LogP contribution in [-0.4, -0.2) is 22.0 Å². The molecule has 0 amide bonds. The Morgan fingerprint density at radius 2 is 1.96 bits per heavy atom. The first-order valence-electron chi connectivity index (χ1n) is 9.41. The van der Waals surface area contributed by atoms with Crippen LogP contribution in [0.2, 0.25) is 0 Å². The minimum Gasteiger partial charge on any atom is -0.355 e. The van der Waals surface area contributed by atoms with Crippen molar-refractivity contribution in [3.05, 3.63) is 41.0 Å². The molecular weight excluding hydrogens is 308 g/mol. The van der Waals surface area contributed by atoms with Crippen molar-refractivity contribution >= 4 is 22.5 Å². The van der Waals surface area contributed by atoms with E-state index >= 15 is 0 Å². The third-order valence-corrected chi connectivity index (χ3v) is 5.97. The molecule has 0 saturated carbocycles. The SMILES string of the molecule is CC1CCCCN1c1c2c(c(C#N)c3nc4ccccc4n13)CCC2. The molecule has 5 rings (SSSR count). The Bertz CT molecular complexity index is 1020. The fourth-order valence-corrected chi connectivity index (χ4v) is 4.78. The van der Waals surface area contributed by atoms with Gasteiger partial charge in [-0.25, -0.2) is 4.98 Å². The monoisotopic (exact) mass is 330 g/mol. The number of nitrogens with zero attached hydrogens (tertiary/aromatic N) is 4. The highest BCUT2D eigenvalue weighted by atomic mass is 15.3. The number of nitriles is 1. The molecule has 126 valence electrons. The van der Waals surface area contributed by atoms with Gasteiger partial charge in [0.1, 0.15) is 11.9 Å². The van der Waals surface area contributed by atoms with E-state index in [1.807, 2.05) is 6.07 Å². The quantitative estimate of drug-likeness (QED) is 0.671. The zero-order chi connectivity index (χ0) is 17.0. The van der Waals surface area contributed by atoms with Gasteiger partial charge in [0.2, 0.25) is 0 Å². The molecule has 2 aliphatic rings. The van der Waals surface area contributed by atoms with Crippen molar-refractivity contribution in [3.63, 3.8) is 0 Å². The summed E-state index contributed by atoms with van der Waals surface area (Å²) >= 11 is 0. The highest BCUT2D eigenvalue weighted by Crippen LogP contribution is 2.39. The van der Waals surface area contributed by atoms with Crippen LogP contribution >= 0.6 is 0 Å². The van der Waals surface area contributed by atoms with Crippen molar-refractivity contribution in [2.45, 2.75) is 51.5 Å². The number of para-hydroxylation sites is 2. The average molecular weight is 330 g/mol.